The summed E-state index contributed by atoms with van der Waals surface area (Å²) < 4.78 is 20.4. The van der Waals surface area contributed by atoms with Crippen LogP contribution in [0.1, 0.15) is 42.1 Å². The van der Waals surface area contributed by atoms with Crippen molar-refractivity contribution in [1.29, 1.82) is 0 Å². The number of halogens is 1. The lowest BCUT2D eigenvalue weighted by molar-refractivity contribution is 0.180. The van der Waals surface area contributed by atoms with Crippen LogP contribution in [-0.4, -0.2) is 59.8 Å². The first-order valence-electron chi connectivity index (χ1n) is 10.6. The topological polar surface area (TPSA) is 70.0 Å². The van der Waals surface area contributed by atoms with Gasteiger partial charge in [-0.05, 0) is 42.9 Å². The van der Waals surface area contributed by atoms with Crippen LogP contribution >= 0.6 is 0 Å². The lowest BCUT2D eigenvalue weighted by Crippen LogP contribution is -2.53. The number of fused-ring (bicyclic) bond motifs is 3. The summed E-state index contributed by atoms with van der Waals surface area (Å²) in [6, 6.07) is 8.09. The minimum Gasteiger partial charge on any atom is -0.388 e. The Labute approximate surface area is 175 Å². The number of aliphatic imine (C=N–C) groups is 1. The molecular weight excluding hydrogens is 383 g/mol. The van der Waals surface area contributed by atoms with Gasteiger partial charge in [-0.15, -0.1) is 0 Å². The van der Waals surface area contributed by atoms with Crippen LogP contribution in [0.15, 0.2) is 35.5 Å². The second-order valence-corrected chi connectivity index (χ2v) is 8.42. The fourth-order valence-corrected chi connectivity index (χ4v) is 5.08. The number of nitrogens with zero attached hydrogens (tertiary/aromatic N) is 3. The van der Waals surface area contributed by atoms with E-state index in [2.05, 4.69) is 20.2 Å². The van der Waals surface area contributed by atoms with Crippen LogP contribution in [0.4, 0.5) is 4.39 Å². The fourth-order valence-electron chi connectivity index (χ4n) is 5.08. The molecule has 3 unspecified atom stereocenters. The third-order valence-electron chi connectivity index (χ3n) is 6.45. The van der Waals surface area contributed by atoms with E-state index >= 15 is 4.39 Å². The Kier molecular flexibility index (Phi) is 5.26. The Morgan fingerprint density at radius 1 is 1.30 bits per heavy atom. The smallest absolute Gasteiger partial charge is 0.150 e. The average Bonchev–Trinajstić information content (AvgIpc) is 3.30. The molecule has 2 bridgehead atoms. The maximum Gasteiger partial charge on any atom is 0.150 e. The molecule has 1 aliphatic carbocycles. The van der Waals surface area contributed by atoms with E-state index in [9.17, 15) is 5.11 Å². The Hall–Kier alpha value is -2.35. The number of nitrogens with one attached hydrogen (secondary N) is 1. The van der Waals surface area contributed by atoms with Crippen molar-refractivity contribution in [3.8, 4) is 11.3 Å². The van der Waals surface area contributed by atoms with E-state index < -0.39 is 6.10 Å². The van der Waals surface area contributed by atoms with Crippen LogP contribution in [0, 0.1) is 5.82 Å². The van der Waals surface area contributed by atoms with Crippen molar-refractivity contribution in [2.45, 2.75) is 43.9 Å². The van der Waals surface area contributed by atoms with Crippen LogP contribution in [-0.2, 0) is 11.2 Å². The van der Waals surface area contributed by atoms with Gasteiger partial charge < -0.3 is 20.1 Å². The predicted molar refractivity (Wildman–Crippen MR) is 113 cm³/mol. The zero-order valence-corrected chi connectivity index (χ0v) is 17.1. The van der Waals surface area contributed by atoms with Gasteiger partial charge in [-0.2, -0.15) is 0 Å². The van der Waals surface area contributed by atoms with Crippen molar-refractivity contribution in [3.05, 3.63) is 53.0 Å². The van der Waals surface area contributed by atoms with Gasteiger partial charge in [0.05, 0.1) is 6.10 Å². The van der Waals surface area contributed by atoms with Gasteiger partial charge in [-0.1, -0.05) is 18.2 Å². The summed E-state index contributed by atoms with van der Waals surface area (Å²) in [6.07, 6.45) is 4.97. The molecule has 2 aliphatic heterocycles. The van der Waals surface area contributed by atoms with Gasteiger partial charge in [-0.3, -0.25) is 4.98 Å². The van der Waals surface area contributed by atoms with Gasteiger partial charge in [0.15, 0.2) is 0 Å². The van der Waals surface area contributed by atoms with Crippen molar-refractivity contribution in [2.75, 3.05) is 26.9 Å². The average molecular weight is 410 g/mol. The molecule has 0 radical (unpaired) electrons. The molecule has 1 aromatic heterocycles. The number of pyridine rings is 1. The lowest BCUT2D eigenvalue weighted by atomic mass is 9.99. The minimum atomic E-state index is -0.474. The first-order valence-corrected chi connectivity index (χ1v) is 10.6. The summed E-state index contributed by atoms with van der Waals surface area (Å²) in [5.74, 6) is 0.368. The Balaban J connectivity index is 1.49. The molecule has 1 aromatic carbocycles. The summed E-state index contributed by atoms with van der Waals surface area (Å²) in [7, 11) is 1.61. The number of aromatic nitrogens is 1. The molecule has 2 N–H and O–H groups in total. The first-order chi connectivity index (χ1) is 14.6. The van der Waals surface area contributed by atoms with Gasteiger partial charge >= 0.3 is 0 Å². The molecule has 0 amide bonds. The molecule has 2 saturated heterocycles. The van der Waals surface area contributed by atoms with Crippen molar-refractivity contribution in [1.82, 2.24) is 15.2 Å². The van der Waals surface area contributed by atoms with E-state index in [1.807, 2.05) is 18.2 Å². The van der Waals surface area contributed by atoms with Gasteiger partial charge in [0.25, 0.3) is 0 Å². The number of aliphatic hydroxyl groups excluding tert-OH is 1. The maximum atomic E-state index is 15.3. The highest BCUT2D eigenvalue weighted by Crippen LogP contribution is 2.37. The second kappa shape index (κ2) is 8.06. The predicted octanol–water partition coefficient (Wildman–Crippen LogP) is 2.65. The molecule has 2 fully saturated rings. The van der Waals surface area contributed by atoms with Crippen LogP contribution in [0.5, 0.6) is 0 Å². The molecule has 6 nitrogen and oxygen atoms in total. The highest BCUT2D eigenvalue weighted by Gasteiger charge is 2.34. The highest BCUT2D eigenvalue weighted by atomic mass is 19.1. The molecule has 3 atom stereocenters. The van der Waals surface area contributed by atoms with Gasteiger partial charge in [0.1, 0.15) is 24.1 Å². The summed E-state index contributed by atoms with van der Waals surface area (Å²) in [6.45, 7) is 1.93. The normalized spacial score (nSPS) is 25.6. The van der Waals surface area contributed by atoms with E-state index in [0.717, 1.165) is 54.9 Å². The highest BCUT2D eigenvalue weighted by molar-refractivity contribution is 5.99. The molecule has 0 saturated carbocycles. The van der Waals surface area contributed by atoms with Crippen LogP contribution < -0.4 is 5.32 Å². The Morgan fingerprint density at radius 3 is 2.83 bits per heavy atom. The molecular formula is C23H27FN4O2. The quantitative estimate of drug-likeness (QED) is 0.599. The molecule has 0 spiro atoms. The maximum absolute atomic E-state index is 15.3. The number of methoxy groups -OCH3 is 1. The van der Waals surface area contributed by atoms with Gasteiger partial charge in [-0.25, -0.2) is 9.38 Å². The number of benzene rings is 1. The standard InChI is InChI=1S/C23H27FN4O2/c1-30-13-26-23(28-11-15-5-6-16(12-28)27-15)14-9-20(24)22(25-10-14)19-4-2-3-18-17(19)7-8-21(18)29/h2-4,9-10,15-16,21,27,29H,5-8,11-13H2,1H3/b26-23+. The third kappa shape index (κ3) is 3.51. The number of aliphatic hydroxyl groups is 1. The number of likely N-dealkylation sites (tertiary alicyclic amines) is 1. The van der Waals surface area contributed by atoms with Crippen molar-refractivity contribution in [3.63, 3.8) is 0 Å². The molecule has 7 heteroatoms. The first kappa shape index (κ1) is 19.6. The minimum absolute atomic E-state index is 0.224. The second-order valence-electron chi connectivity index (χ2n) is 8.42. The third-order valence-corrected chi connectivity index (χ3v) is 6.45. The van der Waals surface area contributed by atoms with Crippen molar-refractivity contribution in [2.24, 2.45) is 4.99 Å². The number of hydrogen-bond acceptors (Lipinski definition) is 5. The number of piperazine rings is 1. The molecule has 2 aromatic rings. The van der Waals surface area contributed by atoms with Gasteiger partial charge in [0, 0.05) is 49.6 Å². The lowest BCUT2D eigenvalue weighted by Gasteiger charge is -2.35. The van der Waals surface area contributed by atoms with E-state index in [-0.39, 0.29) is 12.5 Å². The monoisotopic (exact) mass is 410 g/mol. The number of ether oxygens (including phenoxy) is 1. The number of rotatable bonds is 4. The number of amidine groups is 1. The summed E-state index contributed by atoms with van der Waals surface area (Å²) in [5.41, 5.74) is 3.65. The van der Waals surface area contributed by atoms with Crippen LogP contribution in [0.25, 0.3) is 11.3 Å². The largest absolute Gasteiger partial charge is 0.388 e. The van der Waals surface area contributed by atoms with Crippen molar-refractivity contribution >= 4 is 5.84 Å². The van der Waals surface area contributed by atoms with Crippen LogP contribution in [0.2, 0.25) is 0 Å². The van der Waals surface area contributed by atoms with E-state index in [4.69, 9.17) is 4.74 Å². The Bertz CT molecular complexity index is 968. The zero-order chi connectivity index (χ0) is 20.7. The fraction of sp³-hybridized carbons (Fsp3) is 0.478. The van der Waals surface area contributed by atoms with Crippen LogP contribution in [0.3, 0.4) is 0 Å². The molecule has 3 aliphatic rings. The zero-order valence-electron chi connectivity index (χ0n) is 17.1. The van der Waals surface area contributed by atoms with Crippen molar-refractivity contribution < 1.29 is 14.2 Å². The van der Waals surface area contributed by atoms with E-state index in [0.29, 0.717) is 29.8 Å². The van der Waals surface area contributed by atoms with E-state index in [1.54, 1.807) is 13.3 Å². The summed E-state index contributed by atoms with van der Waals surface area (Å²) >= 11 is 0. The van der Waals surface area contributed by atoms with Gasteiger partial charge in [0.2, 0.25) is 0 Å². The molecule has 5 rings (SSSR count). The Morgan fingerprint density at radius 2 is 2.10 bits per heavy atom. The van der Waals surface area contributed by atoms with E-state index in [1.165, 1.54) is 6.07 Å². The summed E-state index contributed by atoms with van der Waals surface area (Å²) in [4.78, 5) is 11.3. The number of hydrogen-bond donors (Lipinski definition) is 2. The summed E-state index contributed by atoms with van der Waals surface area (Å²) in [5, 5.41) is 13.8. The molecule has 158 valence electrons. The molecule has 3 heterocycles. The SMILES string of the molecule is COC/N=C(\c1cnc(-c2cccc3c2CCC3O)c(F)c1)N1CC2CCC(C1)N2. The molecule has 30 heavy (non-hydrogen) atoms.